The SMILES string of the molecule is CCCC(=O)N(N)C1CC1. The number of hydrazine groups is 1. The zero-order chi connectivity index (χ0) is 7.56. The molecule has 0 aromatic heterocycles. The van der Waals surface area contributed by atoms with Gasteiger partial charge in [0, 0.05) is 12.5 Å². The number of rotatable bonds is 3. The first kappa shape index (κ1) is 7.54. The Kier molecular flexibility index (Phi) is 2.27. The summed E-state index contributed by atoms with van der Waals surface area (Å²) < 4.78 is 0. The summed E-state index contributed by atoms with van der Waals surface area (Å²) in [7, 11) is 0. The molecule has 0 spiro atoms. The smallest absolute Gasteiger partial charge is 0.236 e. The molecule has 3 heteroatoms. The van der Waals surface area contributed by atoms with E-state index in [9.17, 15) is 4.79 Å². The second kappa shape index (κ2) is 3.01. The molecule has 1 amide bonds. The van der Waals surface area contributed by atoms with E-state index in [0.717, 1.165) is 19.3 Å². The quantitative estimate of drug-likeness (QED) is 0.357. The molecule has 0 aromatic rings. The highest BCUT2D eigenvalue weighted by molar-refractivity contribution is 5.76. The summed E-state index contributed by atoms with van der Waals surface area (Å²) in [5.41, 5.74) is 0. The Bertz CT molecular complexity index is 132. The largest absolute Gasteiger partial charge is 0.278 e. The van der Waals surface area contributed by atoms with Crippen LogP contribution in [0.5, 0.6) is 0 Å². The van der Waals surface area contributed by atoms with Gasteiger partial charge < -0.3 is 0 Å². The van der Waals surface area contributed by atoms with Gasteiger partial charge in [-0.15, -0.1) is 0 Å². The van der Waals surface area contributed by atoms with E-state index in [2.05, 4.69) is 0 Å². The van der Waals surface area contributed by atoms with Gasteiger partial charge in [-0.25, -0.2) is 5.84 Å². The molecule has 0 atom stereocenters. The van der Waals surface area contributed by atoms with Gasteiger partial charge in [-0.2, -0.15) is 0 Å². The summed E-state index contributed by atoms with van der Waals surface area (Å²) in [6.45, 7) is 1.98. The molecule has 1 fully saturated rings. The maximum Gasteiger partial charge on any atom is 0.236 e. The van der Waals surface area contributed by atoms with E-state index in [0.29, 0.717) is 12.5 Å². The molecule has 1 saturated carbocycles. The van der Waals surface area contributed by atoms with E-state index in [1.165, 1.54) is 5.01 Å². The van der Waals surface area contributed by atoms with E-state index in [4.69, 9.17) is 5.84 Å². The molecule has 0 saturated heterocycles. The summed E-state index contributed by atoms with van der Waals surface area (Å²) in [6, 6.07) is 0.360. The second-order valence-corrected chi connectivity index (χ2v) is 2.78. The van der Waals surface area contributed by atoms with Crippen LogP contribution in [0.2, 0.25) is 0 Å². The number of nitrogens with two attached hydrogens (primary N) is 1. The third-order valence-corrected chi connectivity index (χ3v) is 1.69. The van der Waals surface area contributed by atoms with Crippen LogP contribution in [0.15, 0.2) is 0 Å². The Morgan fingerprint density at radius 2 is 2.30 bits per heavy atom. The Hall–Kier alpha value is -0.570. The van der Waals surface area contributed by atoms with Crippen LogP contribution in [-0.2, 0) is 4.79 Å². The molecule has 3 nitrogen and oxygen atoms in total. The lowest BCUT2D eigenvalue weighted by molar-refractivity contribution is -0.132. The summed E-state index contributed by atoms with van der Waals surface area (Å²) in [4.78, 5) is 11.0. The van der Waals surface area contributed by atoms with Crippen LogP contribution >= 0.6 is 0 Å². The zero-order valence-corrected chi connectivity index (χ0v) is 6.34. The van der Waals surface area contributed by atoms with Crippen molar-refractivity contribution in [2.24, 2.45) is 5.84 Å². The monoisotopic (exact) mass is 142 g/mol. The van der Waals surface area contributed by atoms with Crippen molar-refractivity contribution in [3.63, 3.8) is 0 Å². The molecule has 0 radical (unpaired) electrons. The highest BCUT2D eigenvalue weighted by atomic mass is 16.2. The van der Waals surface area contributed by atoms with Crippen LogP contribution in [0, 0.1) is 0 Å². The van der Waals surface area contributed by atoms with Crippen molar-refractivity contribution in [2.75, 3.05) is 0 Å². The molecule has 0 aromatic carbocycles. The van der Waals surface area contributed by atoms with Crippen molar-refractivity contribution in [1.82, 2.24) is 5.01 Å². The average Bonchev–Trinajstić information content (AvgIpc) is 2.68. The van der Waals surface area contributed by atoms with Crippen molar-refractivity contribution in [2.45, 2.75) is 38.6 Å². The highest BCUT2D eigenvalue weighted by Crippen LogP contribution is 2.24. The molecular weight excluding hydrogens is 128 g/mol. The summed E-state index contributed by atoms with van der Waals surface area (Å²) in [5.74, 6) is 5.58. The van der Waals surface area contributed by atoms with E-state index in [1.807, 2.05) is 6.92 Å². The summed E-state index contributed by atoms with van der Waals surface area (Å²) in [6.07, 6.45) is 3.66. The lowest BCUT2D eigenvalue weighted by atomic mass is 10.3. The number of nitrogens with zero attached hydrogens (tertiary/aromatic N) is 1. The molecule has 1 aliphatic carbocycles. The van der Waals surface area contributed by atoms with Gasteiger partial charge in [-0.3, -0.25) is 9.80 Å². The molecule has 2 N–H and O–H groups in total. The van der Waals surface area contributed by atoms with Gasteiger partial charge in [0.05, 0.1) is 0 Å². The molecule has 0 heterocycles. The molecule has 58 valence electrons. The Morgan fingerprint density at radius 3 is 2.70 bits per heavy atom. The number of carbonyl (C=O) groups excluding carboxylic acids is 1. The third-order valence-electron chi connectivity index (χ3n) is 1.69. The first-order chi connectivity index (χ1) is 4.75. The molecule has 0 bridgehead atoms. The van der Waals surface area contributed by atoms with Gasteiger partial charge in [0.1, 0.15) is 0 Å². The van der Waals surface area contributed by atoms with E-state index >= 15 is 0 Å². The van der Waals surface area contributed by atoms with Gasteiger partial charge in [-0.1, -0.05) is 6.92 Å². The minimum Gasteiger partial charge on any atom is -0.278 e. The molecule has 0 aliphatic heterocycles. The zero-order valence-electron chi connectivity index (χ0n) is 6.34. The van der Waals surface area contributed by atoms with Crippen molar-refractivity contribution < 1.29 is 4.79 Å². The predicted octanol–water partition coefficient (Wildman–Crippen LogP) is 0.651. The normalized spacial score (nSPS) is 17.0. The fraction of sp³-hybridized carbons (Fsp3) is 0.857. The summed E-state index contributed by atoms with van der Waals surface area (Å²) in [5, 5.41) is 1.39. The fourth-order valence-electron chi connectivity index (χ4n) is 0.899. The second-order valence-electron chi connectivity index (χ2n) is 2.78. The number of hydrogen-bond acceptors (Lipinski definition) is 2. The first-order valence-electron chi connectivity index (χ1n) is 3.82. The molecular formula is C7H14N2O. The Balaban J connectivity index is 2.24. The summed E-state index contributed by atoms with van der Waals surface area (Å²) >= 11 is 0. The molecule has 0 unspecified atom stereocenters. The van der Waals surface area contributed by atoms with Crippen LogP contribution < -0.4 is 5.84 Å². The van der Waals surface area contributed by atoms with E-state index in [1.54, 1.807) is 0 Å². The third kappa shape index (κ3) is 1.70. The molecule has 1 rings (SSSR count). The van der Waals surface area contributed by atoms with Crippen molar-refractivity contribution in [3.8, 4) is 0 Å². The number of carbonyl (C=O) groups is 1. The maximum absolute atomic E-state index is 11.0. The van der Waals surface area contributed by atoms with Crippen LogP contribution in [0.3, 0.4) is 0 Å². The maximum atomic E-state index is 11.0. The van der Waals surface area contributed by atoms with E-state index in [-0.39, 0.29) is 5.91 Å². The van der Waals surface area contributed by atoms with Gasteiger partial charge >= 0.3 is 0 Å². The number of hydrogen-bond donors (Lipinski definition) is 1. The Labute approximate surface area is 61.2 Å². The fourth-order valence-corrected chi connectivity index (χ4v) is 0.899. The topological polar surface area (TPSA) is 46.3 Å². The van der Waals surface area contributed by atoms with Gasteiger partial charge in [0.2, 0.25) is 5.91 Å². The Morgan fingerprint density at radius 1 is 1.70 bits per heavy atom. The van der Waals surface area contributed by atoms with E-state index < -0.39 is 0 Å². The van der Waals surface area contributed by atoms with Gasteiger partial charge in [0.25, 0.3) is 0 Å². The first-order valence-corrected chi connectivity index (χ1v) is 3.82. The van der Waals surface area contributed by atoms with Crippen molar-refractivity contribution in [1.29, 1.82) is 0 Å². The van der Waals surface area contributed by atoms with Crippen LogP contribution in [0.4, 0.5) is 0 Å². The average molecular weight is 142 g/mol. The van der Waals surface area contributed by atoms with Gasteiger partial charge in [0.15, 0.2) is 0 Å². The lowest BCUT2D eigenvalue weighted by Gasteiger charge is -2.14. The van der Waals surface area contributed by atoms with Crippen molar-refractivity contribution in [3.05, 3.63) is 0 Å². The molecule has 1 aliphatic rings. The standard InChI is InChI=1S/C7H14N2O/c1-2-3-7(10)9(8)6-4-5-6/h6H,2-5,8H2,1H3. The van der Waals surface area contributed by atoms with Crippen LogP contribution in [0.1, 0.15) is 32.6 Å². The van der Waals surface area contributed by atoms with Crippen LogP contribution in [0.25, 0.3) is 0 Å². The van der Waals surface area contributed by atoms with Crippen LogP contribution in [-0.4, -0.2) is 17.0 Å². The van der Waals surface area contributed by atoms with Crippen molar-refractivity contribution >= 4 is 5.91 Å². The predicted molar refractivity (Wildman–Crippen MR) is 39.0 cm³/mol. The lowest BCUT2D eigenvalue weighted by Crippen LogP contribution is -2.38. The minimum absolute atomic E-state index is 0.0880. The molecule has 10 heavy (non-hydrogen) atoms. The highest BCUT2D eigenvalue weighted by Gasteiger charge is 2.29. The van der Waals surface area contributed by atoms with Gasteiger partial charge in [-0.05, 0) is 19.3 Å². The number of amides is 1. The minimum atomic E-state index is 0.0880.